The third kappa shape index (κ3) is 2.76. The Morgan fingerprint density at radius 2 is 2.12 bits per heavy atom. The third-order valence-corrected chi connectivity index (χ3v) is 2.13. The summed E-state index contributed by atoms with van der Waals surface area (Å²) >= 11 is 0. The van der Waals surface area contributed by atoms with Gasteiger partial charge in [0.15, 0.2) is 0 Å². The first-order valence-electron chi connectivity index (χ1n) is 5.33. The standard InChI is InChI=1S/C12H14N4/c1-2-14-12-9-13-8-11(16-12)7-10-5-3-4-6-15-10/h3-6,8-9H,2,7H2,1H3,(H,14,16). The van der Waals surface area contributed by atoms with Gasteiger partial charge in [-0.25, -0.2) is 4.98 Å². The van der Waals surface area contributed by atoms with E-state index in [0.717, 1.165) is 23.8 Å². The Morgan fingerprint density at radius 1 is 1.19 bits per heavy atom. The van der Waals surface area contributed by atoms with Crippen LogP contribution in [0.4, 0.5) is 5.82 Å². The number of rotatable bonds is 4. The largest absolute Gasteiger partial charge is 0.369 e. The van der Waals surface area contributed by atoms with Crippen LogP contribution in [0.15, 0.2) is 36.8 Å². The molecule has 0 saturated carbocycles. The Labute approximate surface area is 94.8 Å². The van der Waals surface area contributed by atoms with Gasteiger partial charge in [0, 0.05) is 31.1 Å². The van der Waals surface area contributed by atoms with Crippen molar-refractivity contribution in [3.8, 4) is 0 Å². The van der Waals surface area contributed by atoms with E-state index in [1.807, 2.05) is 25.1 Å². The first-order valence-corrected chi connectivity index (χ1v) is 5.33. The minimum atomic E-state index is 0.715. The molecule has 0 amide bonds. The SMILES string of the molecule is CCNc1cncc(Cc2ccccn2)n1. The molecule has 2 aromatic heterocycles. The van der Waals surface area contributed by atoms with Crippen LogP contribution in [0.25, 0.3) is 0 Å². The number of hydrogen-bond acceptors (Lipinski definition) is 4. The van der Waals surface area contributed by atoms with E-state index in [1.54, 1.807) is 18.6 Å². The van der Waals surface area contributed by atoms with Gasteiger partial charge in [0.2, 0.25) is 0 Å². The molecule has 0 atom stereocenters. The number of hydrogen-bond donors (Lipinski definition) is 1. The molecule has 0 saturated heterocycles. The van der Waals surface area contributed by atoms with E-state index in [2.05, 4.69) is 20.3 Å². The predicted octanol–water partition coefficient (Wildman–Crippen LogP) is 1.89. The lowest BCUT2D eigenvalue weighted by Gasteiger charge is -2.04. The van der Waals surface area contributed by atoms with E-state index < -0.39 is 0 Å². The van der Waals surface area contributed by atoms with E-state index in [0.29, 0.717) is 6.42 Å². The highest BCUT2D eigenvalue weighted by Gasteiger charge is 2.00. The van der Waals surface area contributed by atoms with Gasteiger partial charge in [0.1, 0.15) is 5.82 Å². The molecule has 0 aromatic carbocycles. The van der Waals surface area contributed by atoms with Crippen LogP contribution in [0.2, 0.25) is 0 Å². The van der Waals surface area contributed by atoms with Gasteiger partial charge in [-0.05, 0) is 19.1 Å². The molecule has 0 unspecified atom stereocenters. The van der Waals surface area contributed by atoms with E-state index in [9.17, 15) is 0 Å². The molecule has 4 heteroatoms. The Hall–Kier alpha value is -1.97. The van der Waals surface area contributed by atoms with E-state index in [4.69, 9.17) is 0 Å². The quantitative estimate of drug-likeness (QED) is 0.844. The van der Waals surface area contributed by atoms with Crippen molar-refractivity contribution in [2.75, 3.05) is 11.9 Å². The van der Waals surface area contributed by atoms with Crippen LogP contribution in [0.5, 0.6) is 0 Å². The van der Waals surface area contributed by atoms with Crippen molar-refractivity contribution >= 4 is 5.82 Å². The molecule has 0 spiro atoms. The second-order valence-electron chi connectivity index (χ2n) is 3.42. The molecule has 0 aliphatic carbocycles. The summed E-state index contributed by atoms with van der Waals surface area (Å²) in [5, 5.41) is 3.14. The molecular weight excluding hydrogens is 200 g/mol. The summed E-state index contributed by atoms with van der Waals surface area (Å²) < 4.78 is 0. The predicted molar refractivity (Wildman–Crippen MR) is 63.2 cm³/mol. The molecule has 0 radical (unpaired) electrons. The fraction of sp³-hybridized carbons (Fsp3) is 0.250. The van der Waals surface area contributed by atoms with Crippen LogP contribution in [0, 0.1) is 0 Å². The Bertz CT molecular complexity index is 442. The summed E-state index contributed by atoms with van der Waals surface area (Å²) in [4.78, 5) is 12.9. The number of aromatic nitrogens is 3. The monoisotopic (exact) mass is 214 g/mol. The highest BCUT2D eigenvalue weighted by atomic mass is 15.0. The number of nitrogens with zero attached hydrogens (tertiary/aromatic N) is 3. The second-order valence-corrected chi connectivity index (χ2v) is 3.42. The average Bonchev–Trinajstić information content (AvgIpc) is 2.31. The Morgan fingerprint density at radius 3 is 2.88 bits per heavy atom. The van der Waals surface area contributed by atoms with Gasteiger partial charge in [0.05, 0.1) is 11.9 Å². The molecule has 16 heavy (non-hydrogen) atoms. The molecule has 1 N–H and O–H groups in total. The van der Waals surface area contributed by atoms with E-state index >= 15 is 0 Å². The summed E-state index contributed by atoms with van der Waals surface area (Å²) in [7, 11) is 0. The maximum atomic E-state index is 4.44. The van der Waals surface area contributed by atoms with Crippen LogP contribution >= 0.6 is 0 Å². The Kier molecular flexibility index (Phi) is 3.43. The van der Waals surface area contributed by atoms with Gasteiger partial charge in [-0.2, -0.15) is 0 Å². The first kappa shape index (κ1) is 10.5. The summed E-state index contributed by atoms with van der Waals surface area (Å²) in [6.07, 6.45) is 6.00. The smallest absolute Gasteiger partial charge is 0.144 e. The maximum Gasteiger partial charge on any atom is 0.144 e. The Balaban J connectivity index is 2.12. The minimum absolute atomic E-state index is 0.715. The maximum absolute atomic E-state index is 4.44. The molecule has 2 aromatic rings. The van der Waals surface area contributed by atoms with E-state index in [1.165, 1.54) is 0 Å². The summed E-state index contributed by atoms with van der Waals surface area (Å²) in [5.41, 5.74) is 1.93. The molecule has 0 bridgehead atoms. The van der Waals surface area contributed by atoms with Gasteiger partial charge in [-0.1, -0.05) is 6.07 Å². The van der Waals surface area contributed by atoms with Crippen LogP contribution in [-0.4, -0.2) is 21.5 Å². The summed E-state index contributed by atoms with van der Waals surface area (Å²) in [5.74, 6) is 0.816. The normalized spacial score (nSPS) is 10.1. The lowest BCUT2D eigenvalue weighted by molar-refractivity contribution is 0.980. The van der Waals surface area contributed by atoms with Crippen molar-refractivity contribution in [2.45, 2.75) is 13.3 Å². The second kappa shape index (κ2) is 5.21. The number of anilines is 1. The van der Waals surface area contributed by atoms with Crippen molar-refractivity contribution < 1.29 is 0 Å². The molecule has 4 nitrogen and oxygen atoms in total. The zero-order chi connectivity index (χ0) is 11.2. The fourth-order valence-electron chi connectivity index (χ4n) is 1.45. The average molecular weight is 214 g/mol. The molecule has 82 valence electrons. The molecule has 2 rings (SSSR count). The third-order valence-electron chi connectivity index (χ3n) is 2.13. The van der Waals surface area contributed by atoms with Gasteiger partial charge in [0.25, 0.3) is 0 Å². The summed E-state index contributed by atoms with van der Waals surface area (Å²) in [6, 6.07) is 5.87. The lowest BCUT2D eigenvalue weighted by Crippen LogP contribution is -2.03. The molecule has 0 aliphatic rings. The topological polar surface area (TPSA) is 50.7 Å². The minimum Gasteiger partial charge on any atom is -0.369 e. The highest BCUT2D eigenvalue weighted by molar-refractivity contribution is 5.32. The van der Waals surface area contributed by atoms with Crippen LogP contribution in [0.1, 0.15) is 18.3 Å². The molecular formula is C12H14N4. The van der Waals surface area contributed by atoms with Crippen molar-refractivity contribution in [3.63, 3.8) is 0 Å². The van der Waals surface area contributed by atoms with Crippen molar-refractivity contribution in [2.24, 2.45) is 0 Å². The fourth-order valence-corrected chi connectivity index (χ4v) is 1.45. The first-order chi connectivity index (χ1) is 7.88. The van der Waals surface area contributed by atoms with Crippen molar-refractivity contribution in [1.82, 2.24) is 15.0 Å². The molecule has 2 heterocycles. The van der Waals surface area contributed by atoms with Crippen LogP contribution < -0.4 is 5.32 Å². The summed E-state index contributed by atoms with van der Waals surface area (Å²) in [6.45, 7) is 2.88. The molecule has 0 fully saturated rings. The lowest BCUT2D eigenvalue weighted by atomic mass is 10.2. The van der Waals surface area contributed by atoms with Crippen LogP contribution in [0.3, 0.4) is 0 Å². The number of pyridine rings is 1. The zero-order valence-electron chi connectivity index (χ0n) is 9.22. The van der Waals surface area contributed by atoms with Gasteiger partial charge in [-0.3, -0.25) is 9.97 Å². The van der Waals surface area contributed by atoms with Crippen molar-refractivity contribution in [1.29, 1.82) is 0 Å². The number of nitrogens with one attached hydrogen (secondary N) is 1. The van der Waals surface area contributed by atoms with Gasteiger partial charge < -0.3 is 5.32 Å². The van der Waals surface area contributed by atoms with Gasteiger partial charge in [-0.15, -0.1) is 0 Å². The zero-order valence-corrected chi connectivity index (χ0v) is 9.22. The van der Waals surface area contributed by atoms with Crippen molar-refractivity contribution in [3.05, 3.63) is 48.2 Å². The molecule has 0 aliphatic heterocycles. The van der Waals surface area contributed by atoms with E-state index in [-0.39, 0.29) is 0 Å². The van der Waals surface area contributed by atoms with Gasteiger partial charge >= 0.3 is 0 Å². The van der Waals surface area contributed by atoms with Crippen LogP contribution in [-0.2, 0) is 6.42 Å². The highest BCUT2D eigenvalue weighted by Crippen LogP contribution is 2.06.